The molecule has 1 aliphatic heterocycles. The molecule has 2 amide bonds. The number of carbonyl (C=O) groups excluding carboxylic acids is 2. The van der Waals surface area contributed by atoms with E-state index in [1.165, 1.54) is 27.4 Å². The summed E-state index contributed by atoms with van der Waals surface area (Å²) in [7, 11) is -3.83. The van der Waals surface area contributed by atoms with E-state index < -0.39 is 15.9 Å². The van der Waals surface area contributed by atoms with Gasteiger partial charge in [-0.2, -0.15) is 4.31 Å². The molecule has 2 aromatic rings. The number of hydrogen-bond donors (Lipinski definition) is 1. The van der Waals surface area contributed by atoms with Crippen molar-refractivity contribution in [3.05, 3.63) is 58.6 Å². The summed E-state index contributed by atoms with van der Waals surface area (Å²) < 4.78 is 32.3. The second kappa shape index (κ2) is 10.3. The summed E-state index contributed by atoms with van der Waals surface area (Å²) in [6.07, 6.45) is 0. The minimum atomic E-state index is -3.83. The van der Waals surface area contributed by atoms with Gasteiger partial charge < -0.3 is 15.0 Å². The van der Waals surface area contributed by atoms with E-state index in [0.717, 1.165) is 0 Å². The average Bonchev–Trinajstić information content (AvgIpc) is 2.78. The Bertz CT molecular complexity index is 1040. The molecule has 0 bridgehead atoms. The van der Waals surface area contributed by atoms with Crippen LogP contribution >= 0.6 is 23.2 Å². The molecule has 3 rings (SSSR count). The first-order chi connectivity index (χ1) is 14.8. The van der Waals surface area contributed by atoms with Crippen molar-refractivity contribution < 1.29 is 22.7 Å². The first-order valence-electron chi connectivity index (χ1n) is 9.45. The monoisotopic (exact) mass is 485 g/mol. The molecule has 1 aliphatic rings. The Morgan fingerprint density at radius 3 is 2.35 bits per heavy atom. The molecule has 11 heteroatoms. The molecule has 0 unspecified atom stereocenters. The number of halogens is 2. The molecule has 0 spiro atoms. The number of piperazine rings is 1. The number of rotatable bonds is 7. The normalized spacial score (nSPS) is 14.8. The third kappa shape index (κ3) is 6.10. The van der Waals surface area contributed by atoms with Crippen molar-refractivity contribution in [3.63, 3.8) is 0 Å². The Kier molecular flexibility index (Phi) is 7.77. The van der Waals surface area contributed by atoms with Gasteiger partial charge in [-0.25, -0.2) is 8.42 Å². The summed E-state index contributed by atoms with van der Waals surface area (Å²) in [5.41, 5.74) is 0. The zero-order chi connectivity index (χ0) is 22.4. The van der Waals surface area contributed by atoms with E-state index in [9.17, 15) is 18.0 Å². The number of amides is 2. The number of carbonyl (C=O) groups is 2. The maximum Gasteiger partial charge on any atom is 0.258 e. The van der Waals surface area contributed by atoms with Gasteiger partial charge in [0, 0.05) is 31.2 Å². The van der Waals surface area contributed by atoms with Crippen LogP contribution in [-0.4, -0.2) is 68.8 Å². The average molecular weight is 486 g/mol. The Balaban J connectivity index is 1.47. The highest BCUT2D eigenvalue weighted by atomic mass is 35.5. The topological polar surface area (TPSA) is 96.0 Å². The van der Waals surface area contributed by atoms with E-state index in [2.05, 4.69) is 5.32 Å². The molecule has 0 atom stereocenters. The molecule has 31 heavy (non-hydrogen) atoms. The van der Waals surface area contributed by atoms with Gasteiger partial charge in [0.1, 0.15) is 10.6 Å². The molecule has 0 radical (unpaired) electrons. The molecule has 2 aromatic carbocycles. The summed E-state index contributed by atoms with van der Waals surface area (Å²) in [6, 6.07) is 13.1. The van der Waals surface area contributed by atoms with Gasteiger partial charge in [-0.3, -0.25) is 9.59 Å². The number of nitrogens with one attached hydrogen (secondary N) is 1. The number of benzene rings is 2. The van der Waals surface area contributed by atoms with Crippen molar-refractivity contribution in [2.24, 2.45) is 0 Å². The van der Waals surface area contributed by atoms with Gasteiger partial charge in [0.05, 0.1) is 11.6 Å². The summed E-state index contributed by atoms with van der Waals surface area (Å²) in [5.74, 6) is -0.166. The summed E-state index contributed by atoms with van der Waals surface area (Å²) in [5, 5.41) is 2.87. The van der Waals surface area contributed by atoms with E-state index >= 15 is 0 Å². The molecule has 1 fully saturated rings. The smallest absolute Gasteiger partial charge is 0.258 e. The minimum absolute atomic E-state index is 0.0628. The highest BCUT2D eigenvalue weighted by molar-refractivity contribution is 7.89. The van der Waals surface area contributed by atoms with Crippen molar-refractivity contribution >= 4 is 45.0 Å². The van der Waals surface area contributed by atoms with Gasteiger partial charge in [-0.15, -0.1) is 0 Å². The molecule has 166 valence electrons. The van der Waals surface area contributed by atoms with Crippen LogP contribution in [0.2, 0.25) is 10.0 Å². The standard InChI is InChI=1S/C20H21Cl2N3O5S/c21-15-6-7-17(22)18(12-15)31(28,29)25-10-8-24(9-11-25)20(27)13-23-19(26)14-30-16-4-2-1-3-5-16/h1-7,12H,8-11,13-14H2,(H,23,26). The molecule has 0 aliphatic carbocycles. The number of nitrogens with zero attached hydrogens (tertiary/aromatic N) is 2. The van der Waals surface area contributed by atoms with E-state index in [-0.39, 0.29) is 60.2 Å². The van der Waals surface area contributed by atoms with Crippen molar-refractivity contribution in [2.75, 3.05) is 39.3 Å². The van der Waals surface area contributed by atoms with Crippen molar-refractivity contribution in [1.29, 1.82) is 0 Å². The fourth-order valence-corrected chi connectivity index (χ4v) is 5.15. The Morgan fingerprint density at radius 1 is 1.00 bits per heavy atom. The highest BCUT2D eigenvalue weighted by Crippen LogP contribution is 2.28. The van der Waals surface area contributed by atoms with Crippen molar-refractivity contribution in [1.82, 2.24) is 14.5 Å². The van der Waals surface area contributed by atoms with Gasteiger partial charge in [-0.05, 0) is 30.3 Å². The van der Waals surface area contributed by atoms with E-state index in [1.807, 2.05) is 6.07 Å². The Hall–Kier alpha value is -2.33. The third-order valence-electron chi connectivity index (χ3n) is 4.65. The highest BCUT2D eigenvalue weighted by Gasteiger charge is 2.31. The lowest BCUT2D eigenvalue weighted by atomic mass is 10.3. The number of sulfonamides is 1. The van der Waals surface area contributed by atoms with Crippen LogP contribution in [0.1, 0.15) is 0 Å². The molecule has 1 N–H and O–H groups in total. The lowest BCUT2D eigenvalue weighted by Gasteiger charge is -2.34. The quantitative estimate of drug-likeness (QED) is 0.646. The molecule has 0 aromatic heterocycles. The van der Waals surface area contributed by atoms with Gasteiger partial charge in [-0.1, -0.05) is 41.4 Å². The van der Waals surface area contributed by atoms with Crippen LogP contribution in [0.5, 0.6) is 5.75 Å². The molecular formula is C20H21Cl2N3O5S. The number of para-hydroxylation sites is 1. The van der Waals surface area contributed by atoms with E-state index in [1.54, 1.807) is 24.3 Å². The second-order valence-corrected chi connectivity index (χ2v) is 9.49. The maximum atomic E-state index is 12.8. The van der Waals surface area contributed by atoms with Crippen LogP contribution in [0.4, 0.5) is 0 Å². The Morgan fingerprint density at radius 2 is 1.68 bits per heavy atom. The van der Waals surface area contributed by atoms with Crippen molar-refractivity contribution in [2.45, 2.75) is 4.90 Å². The number of hydrogen-bond acceptors (Lipinski definition) is 5. The summed E-state index contributed by atoms with van der Waals surface area (Å²) in [6.45, 7) is 0.233. The van der Waals surface area contributed by atoms with Crippen LogP contribution in [-0.2, 0) is 19.6 Å². The lowest BCUT2D eigenvalue weighted by Crippen LogP contribution is -2.52. The van der Waals surface area contributed by atoms with Crippen LogP contribution < -0.4 is 10.1 Å². The van der Waals surface area contributed by atoms with Crippen LogP contribution in [0.15, 0.2) is 53.4 Å². The van der Waals surface area contributed by atoms with Gasteiger partial charge in [0.15, 0.2) is 6.61 Å². The summed E-state index contributed by atoms with van der Waals surface area (Å²) >= 11 is 11.9. The summed E-state index contributed by atoms with van der Waals surface area (Å²) in [4.78, 5) is 25.7. The van der Waals surface area contributed by atoms with Crippen molar-refractivity contribution in [3.8, 4) is 5.75 Å². The van der Waals surface area contributed by atoms with E-state index in [0.29, 0.717) is 5.75 Å². The second-order valence-electron chi connectivity index (χ2n) is 6.74. The SMILES string of the molecule is O=C(COc1ccccc1)NCC(=O)N1CCN(S(=O)(=O)c2cc(Cl)ccc2Cl)CC1. The molecule has 1 heterocycles. The first-order valence-corrected chi connectivity index (χ1v) is 11.6. The number of ether oxygens (including phenoxy) is 1. The van der Waals surface area contributed by atoms with Gasteiger partial charge in [0.25, 0.3) is 5.91 Å². The largest absolute Gasteiger partial charge is 0.484 e. The fourth-order valence-electron chi connectivity index (χ4n) is 2.99. The lowest BCUT2D eigenvalue weighted by molar-refractivity contribution is -0.134. The molecule has 8 nitrogen and oxygen atoms in total. The van der Waals surface area contributed by atoms with Crippen LogP contribution in [0.3, 0.4) is 0 Å². The van der Waals surface area contributed by atoms with Gasteiger partial charge >= 0.3 is 0 Å². The first kappa shape index (κ1) is 23.3. The molecule has 0 saturated carbocycles. The van der Waals surface area contributed by atoms with Gasteiger partial charge in [0.2, 0.25) is 15.9 Å². The predicted molar refractivity (Wildman–Crippen MR) is 117 cm³/mol. The van der Waals surface area contributed by atoms with Crippen LogP contribution in [0.25, 0.3) is 0 Å². The Labute approximate surface area is 190 Å². The maximum absolute atomic E-state index is 12.8. The zero-order valence-corrected chi connectivity index (χ0v) is 18.8. The fraction of sp³-hybridized carbons (Fsp3) is 0.300. The zero-order valence-electron chi connectivity index (χ0n) is 16.5. The van der Waals surface area contributed by atoms with Crippen LogP contribution in [0, 0.1) is 0 Å². The van der Waals surface area contributed by atoms with E-state index in [4.69, 9.17) is 27.9 Å². The minimum Gasteiger partial charge on any atom is -0.484 e. The molecule has 1 saturated heterocycles. The molecular weight excluding hydrogens is 465 g/mol. The predicted octanol–water partition coefficient (Wildman–Crippen LogP) is 2.02. The third-order valence-corrected chi connectivity index (χ3v) is 7.27.